The zero-order chi connectivity index (χ0) is 24.2. The summed E-state index contributed by atoms with van der Waals surface area (Å²) >= 11 is 6.77. The molecule has 0 spiro atoms. The van der Waals surface area contributed by atoms with E-state index < -0.39 is 0 Å². The van der Waals surface area contributed by atoms with Crippen LogP contribution in [0.3, 0.4) is 0 Å². The molecule has 0 saturated heterocycles. The van der Waals surface area contributed by atoms with Gasteiger partial charge in [0.25, 0.3) is 0 Å². The van der Waals surface area contributed by atoms with Crippen molar-refractivity contribution in [1.29, 1.82) is 0 Å². The topological polar surface area (TPSA) is 77.3 Å². The zero-order valence-electron chi connectivity index (χ0n) is 20.4. The molecule has 0 aliphatic heterocycles. The van der Waals surface area contributed by atoms with Crippen molar-refractivity contribution < 1.29 is 9.47 Å². The van der Waals surface area contributed by atoms with E-state index in [1.807, 2.05) is 37.5 Å². The summed E-state index contributed by atoms with van der Waals surface area (Å²) in [6.07, 6.45) is 5.48. The van der Waals surface area contributed by atoms with Gasteiger partial charge in [-0.3, -0.25) is 9.67 Å². The Morgan fingerprint density at radius 1 is 1.09 bits per heavy atom. The molecule has 0 bridgehead atoms. The number of aromatic nitrogens is 4. The van der Waals surface area contributed by atoms with Crippen LogP contribution >= 0.6 is 24.0 Å². The van der Waals surface area contributed by atoms with E-state index in [0.29, 0.717) is 29.1 Å². The number of methoxy groups -OCH3 is 2. The summed E-state index contributed by atoms with van der Waals surface area (Å²) in [5, 5.41) is 8.24. The van der Waals surface area contributed by atoms with Gasteiger partial charge in [0, 0.05) is 55.8 Å². The Kier molecular flexibility index (Phi) is 8.77. The van der Waals surface area contributed by atoms with Crippen molar-refractivity contribution in [3.63, 3.8) is 0 Å². The van der Waals surface area contributed by atoms with E-state index in [9.17, 15) is 0 Å². The van der Waals surface area contributed by atoms with Gasteiger partial charge in [0.15, 0.2) is 0 Å². The molecule has 0 radical (unpaired) electrons. The fourth-order valence-electron chi connectivity index (χ4n) is 3.74. The number of anilines is 2. The van der Waals surface area contributed by atoms with Crippen molar-refractivity contribution in [2.24, 2.45) is 7.05 Å². The van der Waals surface area contributed by atoms with Gasteiger partial charge in [0.2, 0.25) is 0 Å². The molecule has 8 nitrogen and oxygen atoms in total. The number of aryl methyl sites for hydroxylation is 1. The molecule has 2 aromatic carbocycles. The van der Waals surface area contributed by atoms with Crippen LogP contribution in [0.15, 0.2) is 48.9 Å². The maximum Gasteiger partial charge on any atom is 0.143 e. The summed E-state index contributed by atoms with van der Waals surface area (Å²) in [5.41, 5.74) is 5.01. The third-order valence-electron chi connectivity index (χ3n) is 5.47. The molecular weight excluding hydrogens is 487 g/mol. The van der Waals surface area contributed by atoms with Crippen molar-refractivity contribution in [3.8, 4) is 22.8 Å². The second-order valence-corrected chi connectivity index (χ2v) is 8.63. The van der Waals surface area contributed by atoms with Gasteiger partial charge >= 0.3 is 0 Å². The highest BCUT2D eigenvalue weighted by atomic mass is 35.5. The Morgan fingerprint density at radius 2 is 1.89 bits per heavy atom. The smallest absolute Gasteiger partial charge is 0.143 e. The van der Waals surface area contributed by atoms with E-state index in [0.717, 1.165) is 40.2 Å². The summed E-state index contributed by atoms with van der Waals surface area (Å²) in [6, 6.07) is 10.1. The van der Waals surface area contributed by atoms with Crippen LogP contribution in [0.2, 0.25) is 5.02 Å². The first kappa shape index (κ1) is 26.5. The standard InChI is InChI=1S/C25H29ClN6O2.ClH/c1-16(2)27-8-9-32(23-11-19(33-4)12-24(34-5)25(23)26)18-6-7-20-21(10-18)30-22(14-28-20)17-13-29-31(3)15-17;/h6-7,10-16,27H,8-9H2,1-5H3;1H. The molecule has 4 rings (SSSR count). The summed E-state index contributed by atoms with van der Waals surface area (Å²) in [4.78, 5) is 11.6. The lowest BCUT2D eigenvalue weighted by Crippen LogP contribution is -2.32. The van der Waals surface area contributed by atoms with Gasteiger partial charge in [0.1, 0.15) is 16.5 Å². The molecule has 2 aromatic heterocycles. The number of nitrogens with zero attached hydrogens (tertiary/aromatic N) is 5. The van der Waals surface area contributed by atoms with Crippen LogP contribution in [0.25, 0.3) is 22.3 Å². The van der Waals surface area contributed by atoms with Crippen LogP contribution < -0.4 is 19.7 Å². The SMILES string of the molecule is COc1cc(OC)c(Cl)c(N(CCNC(C)C)c2ccc3ncc(-c4cnn(C)c4)nc3c2)c1.Cl. The second-order valence-electron chi connectivity index (χ2n) is 8.25. The lowest BCUT2D eigenvalue weighted by molar-refractivity contribution is 0.394. The molecule has 0 atom stereocenters. The fourth-order valence-corrected chi connectivity index (χ4v) is 4.02. The van der Waals surface area contributed by atoms with Gasteiger partial charge in [-0.1, -0.05) is 25.4 Å². The predicted octanol–water partition coefficient (Wildman–Crippen LogP) is 5.26. The number of benzene rings is 2. The molecule has 4 aromatic rings. The lowest BCUT2D eigenvalue weighted by atomic mass is 10.2. The number of rotatable bonds is 9. The van der Waals surface area contributed by atoms with Gasteiger partial charge in [-0.05, 0) is 18.2 Å². The van der Waals surface area contributed by atoms with E-state index in [-0.39, 0.29) is 12.4 Å². The van der Waals surface area contributed by atoms with Gasteiger partial charge in [-0.15, -0.1) is 12.4 Å². The average molecular weight is 517 g/mol. The summed E-state index contributed by atoms with van der Waals surface area (Å²) in [7, 11) is 5.11. The lowest BCUT2D eigenvalue weighted by Gasteiger charge is -2.28. The first-order chi connectivity index (χ1) is 16.4. The first-order valence-corrected chi connectivity index (χ1v) is 11.5. The fraction of sp³-hybridized carbons (Fsp3) is 0.320. The van der Waals surface area contributed by atoms with Crippen molar-refractivity contribution in [2.75, 3.05) is 32.2 Å². The zero-order valence-corrected chi connectivity index (χ0v) is 22.0. The highest BCUT2D eigenvalue weighted by molar-refractivity contribution is 6.35. The van der Waals surface area contributed by atoms with Crippen molar-refractivity contribution in [2.45, 2.75) is 19.9 Å². The normalized spacial score (nSPS) is 10.9. The minimum absolute atomic E-state index is 0. The average Bonchev–Trinajstić information content (AvgIpc) is 3.27. The number of halogens is 2. The van der Waals surface area contributed by atoms with Crippen LogP contribution in [-0.4, -0.2) is 53.1 Å². The molecule has 0 aliphatic carbocycles. The highest BCUT2D eigenvalue weighted by Crippen LogP contribution is 2.41. The Labute approximate surface area is 216 Å². The van der Waals surface area contributed by atoms with E-state index in [2.05, 4.69) is 34.1 Å². The van der Waals surface area contributed by atoms with Crippen molar-refractivity contribution in [3.05, 3.63) is 53.9 Å². The molecule has 10 heteroatoms. The molecular formula is C25H30Cl2N6O2. The summed E-state index contributed by atoms with van der Waals surface area (Å²) in [6.45, 7) is 5.68. The second kappa shape index (κ2) is 11.6. The molecule has 0 aliphatic rings. The van der Waals surface area contributed by atoms with Crippen LogP contribution in [-0.2, 0) is 7.05 Å². The molecule has 1 N–H and O–H groups in total. The Balaban J connectivity index is 0.00000342. The Hall–Kier alpha value is -3.07. The highest BCUT2D eigenvalue weighted by Gasteiger charge is 2.19. The third-order valence-corrected chi connectivity index (χ3v) is 5.85. The number of nitrogens with one attached hydrogen (secondary N) is 1. The molecule has 0 fully saturated rings. The van der Waals surface area contributed by atoms with E-state index in [4.69, 9.17) is 26.1 Å². The maximum absolute atomic E-state index is 6.77. The van der Waals surface area contributed by atoms with Crippen LogP contribution in [0, 0.1) is 0 Å². The van der Waals surface area contributed by atoms with Crippen molar-refractivity contribution in [1.82, 2.24) is 25.1 Å². The molecule has 0 unspecified atom stereocenters. The third kappa shape index (κ3) is 5.96. The maximum atomic E-state index is 6.77. The van der Waals surface area contributed by atoms with Crippen LogP contribution in [0.4, 0.5) is 11.4 Å². The monoisotopic (exact) mass is 516 g/mol. The van der Waals surface area contributed by atoms with E-state index >= 15 is 0 Å². The largest absolute Gasteiger partial charge is 0.497 e. The van der Waals surface area contributed by atoms with Gasteiger partial charge in [0.05, 0.1) is 49.0 Å². The minimum Gasteiger partial charge on any atom is -0.497 e. The molecule has 186 valence electrons. The number of fused-ring (bicyclic) bond motifs is 1. The number of hydrogen-bond donors (Lipinski definition) is 1. The minimum atomic E-state index is 0. The first-order valence-electron chi connectivity index (χ1n) is 11.1. The number of hydrogen-bond acceptors (Lipinski definition) is 7. The Bertz CT molecular complexity index is 1290. The van der Waals surface area contributed by atoms with Crippen LogP contribution in [0.5, 0.6) is 11.5 Å². The number of ether oxygens (including phenoxy) is 2. The summed E-state index contributed by atoms with van der Waals surface area (Å²) in [5.74, 6) is 1.22. The molecule has 0 saturated carbocycles. The van der Waals surface area contributed by atoms with E-state index in [1.54, 1.807) is 37.4 Å². The van der Waals surface area contributed by atoms with Gasteiger partial charge in [-0.25, -0.2) is 4.98 Å². The van der Waals surface area contributed by atoms with Crippen molar-refractivity contribution >= 4 is 46.4 Å². The Morgan fingerprint density at radius 3 is 2.54 bits per heavy atom. The van der Waals surface area contributed by atoms with E-state index in [1.165, 1.54) is 0 Å². The molecule has 35 heavy (non-hydrogen) atoms. The predicted molar refractivity (Wildman–Crippen MR) is 144 cm³/mol. The van der Waals surface area contributed by atoms with Crippen LogP contribution in [0.1, 0.15) is 13.8 Å². The van der Waals surface area contributed by atoms with Gasteiger partial charge < -0.3 is 19.7 Å². The molecule has 2 heterocycles. The quantitative estimate of drug-likeness (QED) is 0.325. The van der Waals surface area contributed by atoms with Gasteiger partial charge in [-0.2, -0.15) is 5.10 Å². The molecule has 0 amide bonds. The summed E-state index contributed by atoms with van der Waals surface area (Å²) < 4.78 is 12.8.